The van der Waals surface area contributed by atoms with Gasteiger partial charge in [-0.15, -0.1) is 21.5 Å². The number of rotatable bonds is 12. The van der Waals surface area contributed by atoms with E-state index >= 15 is 0 Å². The summed E-state index contributed by atoms with van der Waals surface area (Å²) in [4.78, 5) is 43.1. The molecule has 3 aromatic heterocycles. The Kier molecular flexibility index (Phi) is 11.4. The lowest BCUT2D eigenvalue weighted by molar-refractivity contribution is -0.143. The molecule has 1 atom stereocenters. The SMILES string of the molecule is CCOC(=O)CCCCO/N=C(/c1cccnc1)c1cccc(COC(=O)N2CCc3c(sc4c3C(c3ccccc3Cl)=NC(C)c3nnc(C)n3-4)C2)c1. The smallest absolute Gasteiger partial charge is 0.410 e. The van der Waals surface area contributed by atoms with Crippen LogP contribution in [0.3, 0.4) is 0 Å². The fraction of sp³-hybridized carbons (Fsp3) is 0.325. The molecule has 7 rings (SSSR count). The van der Waals surface area contributed by atoms with Gasteiger partial charge in [0.1, 0.15) is 35.8 Å². The monoisotopic (exact) mass is 765 g/mol. The maximum absolute atomic E-state index is 13.6. The van der Waals surface area contributed by atoms with E-state index in [1.165, 1.54) is 0 Å². The van der Waals surface area contributed by atoms with Crippen LogP contribution in [0, 0.1) is 6.92 Å². The van der Waals surface area contributed by atoms with E-state index in [1.54, 1.807) is 35.6 Å². The third kappa shape index (κ3) is 7.92. The molecule has 2 aromatic carbocycles. The summed E-state index contributed by atoms with van der Waals surface area (Å²) in [6.07, 6.45) is 5.30. The zero-order chi connectivity index (χ0) is 37.6. The summed E-state index contributed by atoms with van der Waals surface area (Å²) in [5.41, 5.74) is 6.84. The minimum atomic E-state index is -0.392. The van der Waals surface area contributed by atoms with Gasteiger partial charge in [-0.1, -0.05) is 53.2 Å². The van der Waals surface area contributed by atoms with Crippen LogP contribution in [0.5, 0.6) is 0 Å². The number of aryl methyl sites for hydroxylation is 1. The highest BCUT2D eigenvalue weighted by Crippen LogP contribution is 2.42. The maximum atomic E-state index is 13.6. The third-order valence-corrected chi connectivity index (χ3v) is 10.8. The molecule has 14 heteroatoms. The number of esters is 1. The number of ether oxygens (including phenoxy) is 2. The van der Waals surface area contributed by atoms with Gasteiger partial charge in [-0.2, -0.15) is 0 Å². The minimum absolute atomic E-state index is 0.0798. The quantitative estimate of drug-likeness (QED) is 0.0544. The molecule has 5 heterocycles. The number of benzene rings is 2. The van der Waals surface area contributed by atoms with Crippen molar-refractivity contribution in [2.45, 2.75) is 65.6 Å². The summed E-state index contributed by atoms with van der Waals surface area (Å²) >= 11 is 8.38. The molecule has 5 aromatic rings. The van der Waals surface area contributed by atoms with E-state index < -0.39 is 6.09 Å². The van der Waals surface area contributed by atoms with E-state index in [0.717, 1.165) is 60.6 Å². The largest absolute Gasteiger partial charge is 0.466 e. The van der Waals surface area contributed by atoms with Gasteiger partial charge in [0.05, 0.1) is 18.9 Å². The number of amides is 1. The number of unbranched alkanes of at least 4 members (excludes halogenated alkanes) is 1. The van der Waals surface area contributed by atoms with Gasteiger partial charge in [0.25, 0.3) is 0 Å². The van der Waals surface area contributed by atoms with Gasteiger partial charge in [-0.3, -0.25) is 19.3 Å². The van der Waals surface area contributed by atoms with Crippen molar-refractivity contribution < 1.29 is 23.9 Å². The van der Waals surface area contributed by atoms with E-state index in [-0.39, 0.29) is 18.6 Å². The van der Waals surface area contributed by atoms with Gasteiger partial charge in [-0.05, 0) is 75.4 Å². The van der Waals surface area contributed by atoms with Crippen LogP contribution in [0.25, 0.3) is 5.00 Å². The Hall–Kier alpha value is -5.40. The molecule has 278 valence electrons. The standard InChI is InChI=1S/C40H40ClN7O5S/c1-4-51-34(49)16-7-8-20-53-46-36(29-13-10-18-42-22-29)28-12-9-11-27(21-28)24-52-40(50)47-19-17-31-33(23-47)54-39-35(31)37(30-14-5-6-15-32(30)41)43-25(2)38-45-44-26(3)48(38)39/h5-6,9-15,18,21-22,25H,4,7-8,16-17,19-20,23-24H2,1-3H3/b46-36+. The molecule has 12 nitrogen and oxygen atoms in total. The first kappa shape index (κ1) is 36.9. The van der Waals surface area contributed by atoms with Crippen molar-refractivity contribution in [3.05, 3.63) is 128 Å². The molecule has 2 aliphatic rings. The highest BCUT2D eigenvalue weighted by Gasteiger charge is 2.35. The molecule has 54 heavy (non-hydrogen) atoms. The van der Waals surface area contributed by atoms with E-state index in [9.17, 15) is 9.59 Å². The lowest BCUT2D eigenvalue weighted by Gasteiger charge is -2.27. The normalized spacial score (nSPS) is 15.0. The molecule has 2 aliphatic heterocycles. The Morgan fingerprint density at radius 3 is 2.70 bits per heavy atom. The van der Waals surface area contributed by atoms with Crippen LogP contribution >= 0.6 is 22.9 Å². The number of hydrogen-bond donors (Lipinski definition) is 0. The van der Waals surface area contributed by atoms with E-state index in [4.69, 9.17) is 30.9 Å². The zero-order valence-corrected chi connectivity index (χ0v) is 31.9. The number of aliphatic imine (C=N–C) groups is 1. The lowest BCUT2D eigenvalue weighted by Crippen LogP contribution is -2.36. The van der Waals surface area contributed by atoms with Crippen molar-refractivity contribution in [3.63, 3.8) is 0 Å². The molecule has 1 amide bonds. The minimum Gasteiger partial charge on any atom is -0.466 e. The number of carbonyl (C=O) groups is 2. The van der Waals surface area contributed by atoms with Crippen molar-refractivity contribution in [1.82, 2.24) is 24.6 Å². The van der Waals surface area contributed by atoms with Crippen LogP contribution in [-0.4, -0.2) is 67.9 Å². The average molecular weight is 766 g/mol. The lowest BCUT2D eigenvalue weighted by atomic mass is 9.95. The Morgan fingerprint density at radius 2 is 1.89 bits per heavy atom. The van der Waals surface area contributed by atoms with E-state index in [1.807, 2.05) is 74.5 Å². The Bertz CT molecular complexity index is 2220. The Morgan fingerprint density at radius 1 is 1.04 bits per heavy atom. The Labute approximate surface area is 322 Å². The molecule has 0 spiro atoms. The number of pyridine rings is 1. The maximum Gasteiger partial charge on any atom is 0.410 e. The highest BCUT2D eigenvalue weighted by atomic mass is 35.5. The second kappa shape index (κ2) is 16.7. The van der Waals surface area contributed by atoms with Crippen LogP contribution in [-0.2, 0) is 38.7 Å². The van der Waals surface area contributed by atoms with Gasteiger partial charge in [0, 0.05) is 57.5 Å². The molecule has 0 bridgehead atoms. The average Bonchev–Trinajstić information content (AvgIpc) is 3.72. The summed E-state index contributed by atoms with van der Waals surface area (Å²) in [5, 5.41) is 14.9. The number of fused-ring (bicyclic) bond motifs is 5. The number of thiophene rings is 1. The van der Waals surface area contributed by atoms with Gasteiger partial charge < -0.3 is 19.2 Å². The molecule has 0 fully saturated rings. The fourth-order valence-electron chi connectivity index (χ4n) is 6.62. The van der Waals surface area contributed by atoms with Crippen LogP contribution in [0.4, 0.5) is 4.79 Å². The predicted octanol–water partition coefficient (Wildman–Crippen LogP) is 7.79. The molecular weight excluding hydrogens is 726 g/mol. The van der Waals surface area contributed by atoms with Crippen molar-refractivity contribution in [2.75, 3.05) is 19.8 Å². The first-order chi connectivity index (χ1) is 26.3. The van der Waals surface area contributed by atoms with Gasteiger partial charge in [-0.25, -0.2) is 4.79 Å². The number of aromatic nitrogens is 4. The molecule has 0 N–H and O–H groups in total. The van der Waals surface area contributed by atoms with Crippen molar-refractivity contribution in [2.24, 2.45) is 10.1 Å². The third-order valence-electron chi connectivity index (χ3n) is 9.24. The number of oxime groups is 1. The number of hydrogen-bond acceptors (Lipinski definition) is 11. The summed E-state index contributed by atoms with van der Waals surface area (Å²) in [7, 11) is 0. The molecule has 0 saturated heterocycles. The van der Waals surface area contributed by atoms with Crippen molar-refractivity contribution in [1.29, 1.82) is 0 Å². The number of carbonyl (C=O) groups excluding carboxylic acids is 2. The fourth-order valence-corrected chi connectivity index (χ4v) is 8.26. The Balaban J connectivity index is 1.06. The molecule has 0 aliphatic carbocycles. The first-order valence-electron chi connectivity index (χ1n) is 18.0. The van der Waals surface area contributed by atoms with Crippen LogP contribution < -0.4 is 0 Å². The predicted molar refractivity (Wildman–Crippen MR) is 207 cm³/mol. The van der Waals surface area contributed by atoms with Gasteiger partial charge >= 0.3 is 12.1 Å². The summed E-state index contributed by atoms with van der Waals surface area (Å²) in [6.45, 7) is 7.45. The van der Waals surface area contributed by atoms with Gasteiger partial charge in [0.15, 0.2) is 5.82 Å². The summed E-state index contributed by atoms with van der Waals surface area (Å²) < 4.78 is 13.0. The van der Waals surface area contributed by atoms with E-state index in [0.29, 0.717) is 62.7 Å². The summed E-state index contributed by atoms with van der Waals surface area (Å²) in [6, 6.07) is 19.0. The van der Waals surface area contributed by atoms with Gasteiger partial charge in [0.2, 0.25) is 0 Å². The number of nitrogens with zero attached hydrogens (tertiary/aromatic N) is 7. The van der Waals surface area contributed by atoms with E-state index in [2.05, 4.69) is 24.9 Å². The van der Waals surface area contributed by atoms with Crippen LogP contribution in [0.2, 0.25) is 5.02 Å². The number of halogens is 1. The van der Waals surface area contributed by atoms with Crippen molar-refractivity contribution >= 4 is 46.4 Å². The first-order valence-corrected chi connectivity index (χ1v) is 19.2. The van der Waals surface area contributed by atoms with Crippen LogP contribution in [0.15, 0.2) is 83.2 Å². The molecule has 0 saturated carbocycles. The molecular formula is C40H40ClN7O5S. The molecule has 0 radical (unpaired) electrons. The van der Waals surface area contributed by atoms with Crippen molar-refractivity contribution in [3.8, 4) is 5.00 Å². The second-order valence-electron chi connectivity index (χ2n) is 13.0. The molecule has 1 unspecified atom stereocenters. The summed E-state index contributed by atoms with van der Waals surface area (Å²) in [5.74, 6) is 1.33. The highest BCUT2D eigenvalue weighted by molar-refractivity contribution is 7.15. The topological polar surface area (TPSA) is 133 Å². The second-order valence-corrected chi connectivity index (χ2v) is 14.5. The van der Waals surface area contributed by atoms with Crippen LogP contribution in [0.1, 0.15) is 89.1 Å². The zero-order valence-electron chi connectivity index (χ0n) is 30.3.